The van der Waals surface area contributed by atoms with Crippen molar-refractivity contribution in [2.75, 3.05) is 26.6 Å². The number of imide groups is 1. The average Bonchev–Trinajstić information content (AvgIpc) is 2.28. The van der Waals surface area contributed by atoms with Gasteiger partial charge in [-0.25, -0.2) is 4.79 Å². The molecule has 0 atom stereocenters. The molecule has 6 nitrogen and oxygen atoms in total. The number of rotatable bonds is 6. The van der Waals surface area contributed by atoms with E-state index in [1.807, 2.05) is 0 Å². The molecule has 0 radical (unpaired) electrons. The van der Waals surface area contributed by atoms with E-state index in [2.05, 4.69) is 10.1 Å². The lowest BCUT2D eigenvalue weighted by atomic mass is 10.3. The second kappa shape index (κ2) is 8.81. The Morgan fingerprint density at radius 3 is 2.47 bits per heavy atom. The number of methoxy groups -OCH3 is 1. The van der Waals surface area contributed by atoms with Crippen LogP contribution in [0.3, 0.4) is 0 Å². The molecular formula is C10H17ClN2O4. The Bertz CT molecular complexity index is 283. The van der Waals surface area contributed by atoms with Crippen molar-refractivity contribution in [1.29, 1.82) is 0 Å². The number of ether oxygens (including phenoxy) is 1. The third kappa shape index (κ3) is 7.57. The summed E-state index contributed by atoms with van der Waals surface area (Å²) >= 11 is 5.36. The first-order valence-electron chi connectivity index (χ1n) is 5.19. The van der Waals surface area contributed by atoms with E-state index in [1.165, 1.54) is 12.0 Å². The van der Waals surface area contributed by atoms with Crippen LogP contribution in [0, 0.1) is 0 Å². The molecule has 3 amide bonds. The molecule has 1 N–H and O–H groups in total. The van der Waals surface area contributed by atoms with Gasteiger partial charge in [0.2, 0.25) is 5.91 Å². The number of alkyl halides is 1. The Morgan fingerprint density at radius 1 is 1.29 bits per heavy atom. The third-order valence-corrected chi connectivity index (χ3v) is 2.21. The standard InChI is InChI=1S/C10H17ClN2O4/c1-13(7-3-4-9(15)17-2)10(16)12-8(14)5-6-11/h3-7H2,1-2H3,(H,12,14,16). The molecule has 0 aliphatic carbocycles. The van der Waals surface area contributed by atoms with E-state index in [0.717, 1.165) is 0 Å². The Labute approximate surface area is 105 Å². The Balaban J connectivity index is 3.82. The number of halogens is 1. The van der Waals surface area contributed by atoms with Gasteiger partial charge in [0.1, 0.15) is 0 Å². The minimum absolute atomic E-state index is 0.100. The molecule has 0 saturated heterocycles. The van der Waals surface area contributed by atoms with Crippen LogP contribution in [0.1, 0.15) is 19.3 Å². The summed E-state index contributed by atoms with van der Waals surface area (Å²) in [6.07, 6.45) is 0.827. The number of hydrogen-bond acceptors (Lipinski definition) is 4. The van der Waals surface area contributed by atoms with Crippen LogP contribution in [0.25, 0.3) is 0 Å². The van der Waals surface area contributed by atoms with Crippen molar-refractivity contribution in [1.82, 2.24) is 10.2 Å². The highest BCUT2D eigenvalue weighted by Gasteiger charge is 2.12. The molecule has 0 aliphatic heterocycles. The van der Waals surface area contributed by atoms with Crippen molar-refractivity contribution >= 4 is 29.5 Å². The normalized spacial score (nSPS) is 9.59. The molecule has 0 fully saturated rings. The number of nitrogens with zero attached hydrogens (tertiary/aromatic N) is 1. The van der Waals surface area contributed by atoms with Gasteiger partial charge in [0.25, 0.3) is 0 Å². The van der Waals surface area contributed by atoms with Crippen molar-refractivity contribution in [2.24, 2.45) is 0 Å². The first-order valence-corrected chi connectivity index (χ1v) is 5.72. The highest BCUT2D eigenvalue weighted by atomic mass is 35.5. The molecule has 0 saturated carbocycles. The smallest absolute Gasteiger partial charge is 0.323 e. The number of carbonyl (C=O) groups is 3. The molecule has 0 spiro atoms. The van der Waals surface area contributed by atoms with Gasteiger partial charge in [-0.05, 0) is 6.42 Å². The highest BCUT2D eigenvalue weighted by Crippen LogP contribution is 1.96. The number of esters is 1. The van der Waals surface area contributed by atoms with E-state index in [-0.39, 0.29) is 24.7 Å². The molecular weight excluding hydrogens is 248 g/mol. The van der Waals surface area contributed by atoms with Gasteiger partial charge in [0.05, 0.1) is 7.11 Å². The summed E-state index contributed by atoms with van der Waals surface area (Å²) in [7, 11) is 2.85. The van der Waals surface area contributed by atoms with Crippen molar-refractivity contribution in [3.8, 4) is 0 Å². The van der Waals surface area contributed by atoms with Crippen LogP contribution < -0.4 is 5.32 Å². The van der Waals surface area contributed by atoms with Gasteiger partial charge in [-0.1, -0.05) is 0 Å². The van der Waals surface area contributed by atoms with Gasteiger partial charge < -0.3 is 9.64 Å². The maximum atomic E-state index is 11.4. The first kappa shape index (κ1) is 15.7. The van der Waals surface area contributed by atoms with Crippen molar-refractivity contribution in [2.45, 2.75) is 19.3 Å². The number of urea groups is 1. The predicted octanol–water partition coefficient (Wildman–Crippen LogP) is 0.736. The quantitative estimate of drug-likeness (QED) is 0.567. The van der Waals surface area contributed by atoms with Gasteiger partial charge in [0.15, 0.2) is 0 Å². The fraction of sp³-hybridized carbons (Fsp3) is 0.700. The van der Waals surface area contributed by atoms with Crippen molar-refractivity contribution in [3.05, 3.63) is 0 Å². The molecule has 0 aromatic heterocycles. The largest absolute Gasteiger partial charge is 0.469 e. The lowest BCUT2D eigenvalue weighted by Gasteiger charge is -2.16. The molecule has 0 aromatic carbocycles. The zero-order chi connectivity index (χ0) is 13.3. The number of hydrogen-bond donors (Lipinski definition) is 1. The van der Waals surface area contributed by atoms with Crippen LogP contribution >= 0.6 is 11.6 Å². The minimum atomic E-state index is -0.495. The molecule has 0 heterocycles. The number of nitrogens with one attached hydrogen (secondary N) is 1. The summed E-state index contributed by atoms with van der Waals surface area (Å²) in [6, 6.07) is -0.495. The molecule has 0 bridgehead atoms. The zero-order valence-electron chi connectivity index (χ0n) is 9.99. The third-order valence-electron chi connectivity index (χ3n) is 2.02. The predicted molar refractivity (Wildman–Crippen MR) is 62.8 cm³/mol. The average molecular weight is 265 g/mol. The fourth-order valence-corrected chi connectivity index (χ4v) is 1.20. The SMILES string of the molecule is COC(=O)CCCN(C)C(=O)NC(=O)CCCl. The topological polar surface area (TPSA) is 75.7 Å². The minimum Gasteiger partial charge on any atom is -0.469 e. The van der Waals surface area contributed by atoms with Crippen molar-refractivity contribution in [3.63, 3.8) is 0 Å². The zero-order valence-corrected chi connectivity index (χ0v) is 10.7. The lowest BCUT2D eigenvalue weighted by molar-refractivity contribution is -0.140. The molecule has 0 rings (SSSR count). The van der Waals surface area contributed by atoms with Gasteiger partial charge in [0, 0.05) is 32.3 Å². The van der Waals surface area contributed by atoms with Gasteiger partial charge in [-0.2, -0.15) is 0 Å². The summed E-state index contributed by atoms with van der Waals surface area (Å²) in [5.74, 6) is -0.563. The molecule has 17 heavy (non-hydrogen) atoms. The second-order valence-corrected chi connectivity index (χ2v) is 3.77. The van der Waals surface area contributed by atoms with E-state index >= 15 is 0 Å². The summed E-state index contributed by atoms with van der Waals surface area (Å²) < 4.78 is 4.46. The molecule has 0 aromatic rings. The van der Waals surface area contributed by atoms with E-state index in [9.17, 15) is 14.4 Å². The van der Waals surface area contributed by atoms with Crippen LogP contribution in [-0.2, 0) is 14.3 Å². The monoisotopic (exact) mass is 264 g/mol. The molecule has 98 valence electrons. The lowest BCUT2D eigenvalue weighted by Crippen LogP contribution is -2.41. The van der Waals surface area contributed by atoms with E-state index in [0.29, 0.717) is 13.0 Å². The van der Waals surface area contributed by atoms with Gasteiger partial charge in [-0.15, -0.1) is 11.6 Å². The van der Waals surface area contributed by atoms with Crippen LogP contribution in [0.4, 0.5) is 4.79 Å². The number of carbonyl (C=O) groups excluding carboxylic acids is 3. The maximum absolute atomic E-state index is 11.4. The van der Waals surface area contributed by atoms with Crippen LogP contribution in [0.15, 0.2) is 0 Å². The molecule has 7 heteroatoms. The van der Waals surface area contributed by atoms with Crippen molar-refractivity contribution < 1.29 is 19.1 Å². The van der Waals surface area contributed by atoms with Crippen LogP contribution in [0.2, 0.25) is 0 Å². The second-order valence-electron chi connectivity index (χ2n) is 3.39. The first-order chi connectivity index (χ1) is 8.01. The fourth-order valence-electron chi connectivity index (χ4n) is 1.03. The molecule has 0 unspecified atom stereocenters. The summed E-state index contributed by atoms with van der Waals surface area (Å²) in [6.45, 7) is 0.370. The Hall–Kier alpha value is -1.30. The van der Waals surface area contributed by atoms with Gasteiger partial charge in [-0.3, -0.25) is 14.9 Å². The van der Waals surface area contributed by atoms with Gasteiger partial charge >= 0.3 is 12.0 Å². The van der Waals surface area contributed by atoms with E-state index in [4.69, 9.17) is 11.6 Å². The maximum Gasteiger partial charge on any atom is 0.323 e. The van der Waals surface area contributed by atoms with E-state index < -0.39 is 11.9 Å². The number of amides is 3. The Morgan fingerprint density at radius 2 is 1.94 bits per heavy atom. The summed E-state index contributed by atoms with van der Waals surface area (Å²) in [5.41, 5.74) is 0. The Kier molecular flexibility index (Phi) is 8.13. The van der Waals surface area contributed by atoms with E-state index in [1.54, 1.807) is 7.05 Å². The molecule has 0 aliphatic rings. The van der Waals surface area contributed by atoms with Crippen LogP contribution in [-0.4, -0.2) is 49.4 Å². The highest BCUT2D eigenvalue weighted by molar-refractivity contribution is 6.19. The summed E-state index contributed by atoms with van der Waals surface area (Å²) in [4.78, 5) is 34.6. The summed E-state index contributed by atoms with van der Waals surface area (Å²) in [5, 5.41) is 2.18. The van der Waals surface area contributed by atoms with Crippen LogP contribution in [0.5, 0.6) is 0 Å².